The molecule has 15 heavy (non-hydrogen) atoms. The predicted molar refractivity (Wildman–Crippen MR) is 57.6 cm³/mol. The number of hydrogen-bond acceptors (Lipinski definition) is 3. The number of hydrogen-bond donors (Lipinski definition) is 0. The zero-order chi connectivity index (χ0) is 10.1. The van der Waals surface area contributed by atoms with Crippen LogP contribution in [0.2, 0.25) is 0 Å². The van der Waals surface area contributed by atoms with E-state index < -0.39 is 0 Å². The van der Waals surface area contributed by atoms with Crippen LogP contribution >= 0.6 is 0 Å². The van der Waals surface area contributed by atoms with E-state index in [0.717, 1.165) is 5.95 Å². The third kappa shape index (κ3) is 2.44. The summed E-state index contributed by atoms with van der Waals surface area (Å²) in [6.45, 7) is 4.31. The molecule has 0 fully saturated rings. The van der Waals surface area contributed by atoms with Gasteiger partial charge >= 0.3 is 7.55 Å². The molecule has 4 nitrogen and oxygen atoms in total. The maximum Gasteiger partial charge on any atom is 0.398 e. The monoisotopic (exact) mass is 382 g/mol. The fourth-order valence-corrected chi connectivity index (χ4v) is 1.40. The molecule has 2 heterocycles. The van der Waals surface area contributed by atoms with E-state index in [1.54, 1.807) is 6.20 Å². The van der Waals surface area contributed by atoms with E-state index in [1.807, 2.05) is 36.4 Å². The van der Waals surface area contributed by atoms with Crippen LogP contribution in [0, 0.1) is 0 Å². The van der Waals surface area contributed by atoms with Crippen LogP contribution in [-0.4, -0.2) is 28.0 Å². The van der Waals surface area contributed by atoms with Crippen molar-refractivity contribution in [2.45, 2.75) is 19.9 Å². The van der Waals surface area contributed by atoms with Crippen LogP contribution in [0.5, 0.6) is 0 Å². The molecule has 0 atom stereocenters. The Hall–Kier alpha value is -0.736. The van der Waals surface area contributed by atoms with Gasteiger partial charge in [0.25, 0.3) is 0 Å². The molecule has 0 amide bonds. The maximum absolute atomic E-state index is 4.27. The quantitative estimate of drug-likeness (QED) is 0.714. The van der Waals surface area contributed by atoms with Gasteiger partial charge in [0, 0.05) is 58.0 Å². The van der Waals surface area contributed by atoms with E-state index >= 15 is 0 Å². The van der Waals surface area contributed by atoms with Crippen LogP contribution in [0.3, 0.4) is 0 Å². The number of aromatic nitrogens is 2. The van der Waals surface area contributed by atoms with Crippen molar-refractivity contribution in [2.75, 3.05) is 4.81 Å². The molecule has 1 aliphatic rings. The van der Waals surface area contributed by atoms with Crippen molar-refractivity contribution >= 4 is 13.5 Å². The van der Waals surface area contributed by atoms with E-state index in [0.29, 0.717) is 6.04 Å². The molecule has 1 aromatic heterocycles. The number of anilines is 1. The van der Waals surface area contributed by atoms with E-state index in [1.165, 1.54) is 0 Å². The Morgan fingerprint density at radius 3 is 2.53 bits per heavy atom. The van der Waals surface area contributed by atoms with Crippen molar-refractivity contribution in [3.05, 3.63) is 24.8 Å². The summed E-state index contributed by atoms with van der Waals surface area (Å²) in [5, 5.41) is 0. The van der Waals surface area contributed by atoms with Crippen LogP contribution < -0.4 is 4.81 Å². The van der Waals surface area contributed by atoms with Crippen LogP contribution in [0.25, 0.3) is 0 Å². The summed E-state index contributed by atoms with van der Waals surface area (Å²) in [6.07, 6.45) is 7.81. The van der Waals surface area contributed by atoms with Crippen molar-refractivity contribution < 1.29 is 20.1 Å². The van der Waals surface area contributed by atoms with Crippen LogP contribution in [-0.2, 0) is 27.2 Å². The normalized spacial score (nSPS) is 14.4. The summed E-state index contributed by atoms with van der Waals surface area (Å²) in [5.41, 5.74) is 0. The maximum atomic E-state index is 4.27. The Bertz CT molecular complexity index is 350. The summed E-state index contributed by atoms with van der Waals surface area (Å²) in [5.74, 6) is 0.935. The van der Waals surface area contributed by atoms with Crippen molar-refractivity contribution in [1.82, 2.24) is 14.4 Å². The van der Waals surface area contributed by atoms with Crippen LogP contribution in [0.4, 0.5) is 5.95 Å². The molecule has 0 N–H and O–H groups in total. The first-order valence-corrected chi connectivity index (χ1v) is 4.75. The number of nitrogens with zero attached hydrogens (tertiary/aromatic N) is 4. The molecule has 6 heteroatoms. The standard InChI is InChI=1S/C9H14BN4.Ir/c1-8(2)13-6-7-14(10-13)9-11-4-5-12(9)3;/h4-8H,1-3H3;. The zero-order valence-corrected chi connectivity index (χ0v) is 11.5. The number of imidazole rings is 1. The van der Waals surface area contributed by atoms with E-state index in [9.17, 15) is 0 Å². The summed E-state index contributed by atoms with van der Waals surface area (Å²) in [6, 6.07) is 0.483. The number of aryl methyl sites for hydroxylation is 1. The molecule has 0 aromatic carbocycles. The van der Waals surface area contributed by atoms with Gasteiger partial charge in [-0.05, 0) is 13.8 Å². The van der Waals surface area contributed by atoms with Gasteiger partial charge < -0.3 is 14.2 Å². The Labute approximate surface area is 105 Å². The minimum absolute atomic E-state index is 0. The summed E-state index contributed by atoms with van der Waals surface area (Å²) < 4.78 is 1.99. The minimum Gasteiger partial charge on any atom is -0.401 e. The molecule has 0 aliphatic carbocycles. The average Bonchev–Trinajstić information content (AvgIpc) is 2.71. The Morgan fingerprint density at radius 1 is 1.33 bits per heavy atom. The average molecular weight is 381 g/mol. The Balaban J connectivity index is 0.00000112. The van der Waals surface area contributed by atoms with Crippen LogP contribution in [0.1, 0.15) is 13.8 Å². The molecule has 2 radical (unpaired) electrons. The summed E-state index contributed by atoms with van der Waals surface area (Å²) >= 11 is 0. The number of rotatable bonds is 2. The second-order valence-electron chi connectivity index (χ2n) is 3.70. The van der Waals surface area contributed by atoms with Crippen molar-refractivity contribution in [3.8, 4) is 0 Å². The Kier molecular flexibility index (Phi) is 4.00. The van der Waals surface area contributed by atoms with Crippen molar-refractivity contribution in [1.29, 1.82) is 0 Å². The smallest absolute Gasteiger partial charge is 0.398 e. The third-order valence-corrected chi connectivity index (χ3v) is 2.28. The first-order chi connectivity index (χ1) is 6.68. The van der Waals surface area contributed by atoms with Gasteiger partial charge in [0.15, 0.2) is 5.95 Å². The molecule has 0 unspecified atom stereocenters. The van der Waals surface area contributed by atoms with Gasteiger partial charge in [-0.15, -0.1) is 0 Å². The molecule has 1 aliphatic heterocycles. The van der Waals surface area contributed by atoms with E-state index in [2.05, 4.69) is 29.8 Å². The van der Waals surface area contributed by atoms with E-state index in [-0.39, 0.29) is 20.1 Å². The predicted octanol–water partition coefficient (Wildman–Crippen LogP) is 0.953. The third-order valence-electron chi connectivity index (χ3n) is 2.28. The molecule has 0 saturated carbocycles. The fraction of sp³-hybridized carbons (Fsp3) is 0.444. The SMILES string of the molecule is CC(C)N1[B]N(c2nccn2C)C=C1.[Ir]. The summed E-state index contributed by atoms with van der Waals surface area (Å²) in [7, 11) is 4.04. The van der Waals surface area contributed by atoms with Gasteiger partial charge in [0.1, 0.15) is 0 Å². The van der Waals surface area contributed by atoms with Crippen molar-refractivity contribution in [3.63, 3.8) is 0 Å². The molecule has 2 rings (SSSR count). The summed E-state index contributed by atoms with van der Waals surface area (Å²) in [4.78, 5) is 8.43. The second kappa shape index (κ2) is 4.86. The van der Waals surface area contributed by atoms with Gasteiger partial charge in [0.05, 0.1) is 0 Å². The molecular formula is C9H14BIrN4. The topological polar surface area (TPSA) is 24.3 Å². The zero-order valence-electron chi connectivity index (χ0n) is 9.09. The molecule has 0 saturated heterocycles. The van der Waals surface area contributed by atoms with Gasteiger partial charge in [0.2, 0.25) is 0 Å². The molecular weight excluding hydrogens is 367 g/mol. The fourth-order valence-electron chi connectivity index (χ4n) is 1.40. The van der Waals surface area contributed by atoms with Gasteiger partial charge in [-0.1, -0.05) is 0 Å². The molecule has 0 bridgehead atoms. The van der Waals surface area contributed by atoms with Crippen molar-refractivity contribution in [2.24, 2.45) is 7.05 Å². The van der Waals surface area contributed by atoms with Gasteiger partial charge in [-0.3, -0.25) is 0 Å². The van der Waals surface area contributed by atoms with Gasteiger partial charge in [-0.25, -0.2) is 4.98 Å². The molecule has 1 aromatic rings. The first kappa shape index (κ1) is 12.3. The van der Waals surface area contributed by atoms with Crippen LogP contribution in [0.15, 0.2) is 24.8 Å². The minimum atomic E-state index is 0. The largest absolute Gasteiger partial charge is 0.401 e. The first-order valence-electron chi connectivity index (χ1n) is 4.75. The van der Waals surface area contributed by atoms with E-state index in [4.69, 9.17) is 0 Å². The van der Waals surface area contributed by atoms with Gasteiger partial charge in [-0.2, -0.15) is 0 Å². The molecule has 0 spiro atoms. The Morgan fingerprint density at radius 2 is 2.07 bits per heavy atom. The second-order valence-corrected chi connectivity index (χ2v) is 3.70. The molecule has 82 valence electrons.